The van der Waals surface area contributed by atoms with E-state index in [4.69, 9.17) is 10.2 Å². The van der Waals surface area contributed by atoms with Crippen LogP contribution in [0, 0.1) is 0 Å². The molecule has 0 radical (unpaired) electrons. The highest BCUT2D eigenvalue weighted by molar-refractivity contribution is 5.78. The first-order valence-corrected chi connectivity index (χ1v) is 11.0. The molecule has 6 rings (SSSR count). The number of aromatic nitrogens is 6. The van der Waals surface area contributed by atoms with Gasteiger partial charge in [0.1, 0.15) is 0 Å². The van der Waals surface area contributed by atoms with E-state index >= 15 is 0 Å². The molecule has 0 bridgehead atoms. The molecule has 3 N–H and O–H groups in total. The normalized spacial score (nSPS) is 16.7. The summed E-state index contributed by atoms with van der Waals surface area (Å²) in [6, 6.07) is 14.4. The second kappa shape index (κ2) is 8.14. The molecule has 1 aliphatic heterocycles. The summed E-state index contributed by atoms with van der Waals surface area (Å²) in [5, 5.41) is 8.85. The van der Waals surface area contributed by atoms with Crippen molar-refractivity contribution in [3.05, 3.63) is 60.5 Å². The number of nitrogens with one attached hydrogen (secondary N) is 1. The first-order chi connectivity index (χ1) is 16.2. The summed E-state index contributed by atoms with van der Waals surface area (Å²) < 4.78 is 6.78. The van der Waals surface area contributed by atoms with Crippen LogP contribution in [0.2, 0.25) is 0 Å². The van der Waals surface area contributed by atoms with Gasteiger partial charge in [-0.1, -0.05) is 18.2 Å². The number of nitrogens with two attached hydrogens (primary N) is 1. The van der Waals surface area contributed by atoms with Crippen LogP contribution < -0.4 is 11.1 Å². The van der Waals surface area contributed by atoms with Crippen LogP contribution in [0.4, 0.5) is 11.9 Å². The second-order valence-electron chi connectivity index (χ2n) is 8.21. The smallest absolute Gasteiger partial charge is 0.259 e. The average molecular weight is 441 g/mol. The minimum atomic E-state index is 0.221. The van der Waals surface area contributed by atoms with Gasteiger partial charge in [-0.2, -0.15) is 19.5 Å². The zero-order valence-corrected chi connectivity index (χ0v) is 17.9. The summed E-state index contributed by atoms with van der Waals surface area (Å²) in [4.78, 5) is 20.3. The number of para-hydroxylation sites is 1. The number of benzene rings is 1. The first-order valence-electron chi connectivity index (χ1n) is 11.0. The number of nitrogen functional groups attached to an aromatic ring is 1. The number of fused-ring (bicyclic) bond motifs is 2. The van der Waals surface area contributed by atoms with Crippen LogP contribution in [0.25, 0.3) is 28.3 Å². The highest BCUT2D eigenvalue weighted by Crippen LogP contribution is 2.22. The molecule has 33 heavy (non-hydrogen) atoms. The minimum Gasteiger partial charge on any atom is -0.461 e. The Bertz CT molecular complexity index is 1410. The first kappa shape index (κ1) is 19.6. The fourth-order valence-corrected chi connectivity index (χ4v) is 4.38. The Balaban J connectivity index is 1.16. The molecule has 1 atom stereocenters. The molecule has 5 aromatic rings. The van der Waals surface area contributed by atoms with Crippen LogP contribution in [0.1, 0.15) is 18.4 Å². The fourth-order valence-electron chi connectivity index (χ4n) is 4.38. The van der Waals surface area contributed by atoms with Crippen molar-refractivity contribution in [3.63, 3.8) is 0 Å². The van der Waals surface area contributed by atoms with Crippen molar-refractivity contribution < 1.29 is 4.42 Å². The van der Waals surface area contributed by atoms with E-state index < -0.39 is 0 Å². The molecule has 4 aromatic heterocycles. The largest absolute Gasteiger partial charge is 0.461 e. The second-order valence-corrected chi connectivity index (χ2v) is 8.21. The maximum Gasteiger partial charge on any atom is 0.259 e. The molecule has 1 saturated heterocycles. The molecule has 1 aromatic carbocycles. The van der Waals surface area contributed by atoms with Crippen LogP contribution in [-0.4, -0.2) is 53.6 Å². The number of likely N-dealkylation sites (tertiary alicyclic amines) is 1. The Labute approximate surface area is 189 Å². The highest BCUT2D eigenvalue weighted by Gasteiger charge is 2.25. The van der Waals surface area contributed by atoms with Gasteiger partial charge in [0.05, 0.1) is 11.8 Å². The Kier molecular flexibility index (Phi) is 4.84. The van der Waals surface area contributed by atoms with E-state index in [9.17, 15) is 0 Å². The van der Waals surface area contributed by atoms with E-state index in [0.29, 0.717) is 29.4 Å². The van der Waals surface area contributed by atoms with Crippen LogP contribution in [0.3, 0.4) is 0 Å². The van der Waals surface area contributed by atoms with Crippen LogP contribution in [-0.2, 0) is 6.54 Å². The number of rotatable bonds is 6. The van der Waals surface area contributed by atoms with E-state index in [0.717, 1.165) is 38.0 Å². The lowest BCUT2D eigenvalue weighted by molar-refractivity contribution is 0.254. The summed E-state index contributed by atoms with van der Waals surface area (Å²) in [7, 11) is 0. The number of hydrogen-bond donors (Lipinski definition) is 2. The molecular formula is C23H23N9O. The van der Waals surface area contributed by atoms with Gasteiger partial charge in [-0.25, -0.2) is 0 Å². The minimum absolute atomic E-state index is 0.221. The van der Waals surface area contributed by atoms with E-state index in [2.05, 4.69) is 47.4 Å². The Hall–Kier alpha value is -4.05. The number of furan rings is 1. The Morgan fingerprint density at radius 1 is 1.12 bits per heavy atom. The fraction of sp³-hybridized carbons (Fsp3) is 0.261. The quantitative estimate of drug-likeness (QED) is 0.409. The monoisotopic (exact) mass is 441 g/mol. The molecule has 0 aliphatic carbocycles. The molecule has 0 amide bonds. The molecule has 5 heterocycles. The lowest BCUT2D eigenvalue weighted by atomic mass is 10.1. The molecule has 0 spiro atoms. The average Bonchev–Trinajstić information content (AvgIpc) is 3.58. The van der Waals surface area contributed by atoms with Crippen molar-refractivity contribution in [1.29, 1.82) is 0 Å². The Morgan fingerprint density at radius 2 is 2.06 bits per heavy atom. The van der Waals surface area contributed by atoms with Crippen LogP contribution >= 0.6 is 0 Å². The van der Waals surface area contributed by atoms with E-state index in [-0.39, 0.29) is 5.95 Å². The van der Waals surface area contributed by atoms with Gasteiger partial charge in [0.2, 0.25) is 17.7 Å². The van der Waals surface area contributed by atoms with Crippen LogP contribution in [0.15, 0.2) is 59.3 Å². The van der Waals surface area contributed by atoms with Gasteiger partial charge in [0.25, 0.3) is 5.78 Å². The third-order valence-electron chi connectivity index (χ3n) is 6.00. The van der Waals surface area contributed by atoms with Crippen LogP contribution in [0.5, 0.6) is 0 Å². The maximum absolute atomic E-state index is 6.10. The summed E-state index contributed by atoms with van der Waals surface area (Å²) in [6.45, 7) is 2.64. The lowest BCUT2D eigenvalue weighted by Crippen LogP contribution is -2.34. The number of hydrogen-bond acceptors (Lipinski definition) is 9. The summed E-state index contributed by atoms with van der Waals surface area (Å²) in [5.74, 6) is 2.01. The molecule has 10 nitrogen and oxygen atoms in total. The summed E-state index contributed by atoms with van der Waals surface area (Å²) in [5.41, 5.74) is 8.35. The predicted molar refractivity (Wildman–Crippen MR) is 124 cm³/mol. The van der Waals surface area contributed by atoms with Crippen molar-refractivity contribution in [3.8, 4) is 11.6 Å². The molecule has 166 valence electrons. The highest BCUT2D eigenvalue weighted by atomic mass is 16.3. The van der Waals surface area contributed by atoms with E-state index in [1.54, 1.807) is 18.4 Å². The zero-order valence-electron chi connectivity index (χ0n) is 17.9. The lowest BCUT2D eigenvalue weighted by Gasteiger charge is -2.24. The van der Waals surface area contributed by atoms with E-state index in [1.165, 1.54) is 15.5 Å². The Morgan fingerprint density at radius 3 is 2.97 bits per heavy atom. The van der Waals surface area contributed by atoms with Gasteiger partial charge < -0.3 is 15.5 Å². The third-order valence-corrected chi connectivity index (χ3v) is 6.00. The maximum atomic E-state index is 6.10. The van der Waals surface area contributed by atoms with Gasteiger partial charge in [0, 0.05) is 30.7 Å². The molecule has 1 fully saturated rings. The van der Waals surface area contributed by atoms with Crippen molar-refractivity contribution in [2.75, 3.05) is 24.1 Å². The topological polar surface area (TPSA) is 123 Å². The van der Waals surface area contributed by atoms with Gasteiger partial charge in [-0.3, -0.25) is 9.88 Å². The number of pyridine rings is 1. The number of nitrogens with zero attached hydrogens (tertiary/aromatic N) is 7. The molecule has 10 heteroatoms. The molecule has 1 aliphatic rings. The van der Waals surface area contributed by atoms with Crippen molar-refractivity contribution in [1.82, 2.24) is 34.4 Å². The van der Waals surface area contributed by atoms with Gasteiger partial charge in [-0.15, -0.1) is 5.10 Å². The summed E-state index contributed by atoms with van der Waals surface area (Å²) >= 11 is 0. The van der Waals surface area contributed by atoms with Gasteiger partial charge in [0.15, 0.2) is 5.76 Å². The van der Waals surface area contributed by atoms with Gasteiger partial charge >= 0.3 is 0 Å². The van der Waals surface area contributed by atoms with Crippen molar-refractivity contribution >= 4 is 28.6 Å². The number of anilines is 2. The molecular weight excluding hydrogens is 418 g/mol. The zero-order chi connectivity index (χ0) is 22.2. The standard InChI is InChI=1S/C23H23N9O/c24-21-28-22(29-23-27-20(30-32(21)23)19-8-4-10-33-19)26-13-17-6-3-9-31(17)14-15-11-16-5-1-2-7-18(16)25-12-15/h1-2,4-5,7-8,10-12,17H,3,6,9,13-14H2,(H3,24,26,27,28,29,30). The molecule has 0 saturated carbocycles. The van der Waals surface area contributed by atoms with Crippen molar-refractivity contribution in [2.24, 2.45) is 0 Å². The third kappa shape index (κ3) is 3.85. The molecule has 1 unspecified atom stereocenters. The van der Waals surface area contributed by atoms with Crippen molar-refractivity contribution in [2.45, 2.75) is 25.4 Å². The summed E-state index contributed by atoms with van der Waals surface area (Å²) in [6.07, 6.45) is 5.82. The SMILES string of the molecule is Nc1nc(NCC2CCCN2Cc2cnc3ccccc3c2)nc2nc(-c3ccco3)nn12. The predicted octanol–water partition coefficient (Wildman–Crippen LogP) is 2.99. The van der Waals surface area contributed by atoms with E-state index in [1.807, 2.05) is 24.4 Å². The van der Waals surface area contributed by atoms with Gasteiger partial charge in [-0.05, 0) is 49.2 Å².